The minimum Gasteiger partial charge on any atom is -0.454 e. The first-order valence-corrected chi connectivity index (χ1v) is 9.02. The topological polar surface area (TPSA) is 45.3 Å². The van der Waals surface area contributed by atoms with Crippen LogP contribution in [0.25, 0.3) is 10.9 Å². The maximum absolute atomic E-state index is 13.0. The van der Waals surface area contributed by atoms with Crippen LogP contribution in [0.3, 0.4) is 0 Å². The summed E-state index contributed by atoms with van der Waals surface area (Å²) in [7, 11) is 4.01. The quantitative estimate of drug-likeness (QED) is 0.557. The first-order chi connectivity index (χ1) is 12.5. The fraction of sp³-hybridized carbons (Fsp3) is 0.286. The lowest BCUT2D eigenvalue weighted by Crippen LogP contribution is -2.19. The summed E-state index contributed by atoms with van der Waals surface area (Å²) < 4.78 is 5.93. The number of aromatic nitrogens is 1. The van der Waals surface area contributed by atoms with Crippen LogP contribution in [0.1, 0.15) is 34.1 Å². The van der Waals surface area contributed by atoms with Gasteiger partial charge < -0.3 is 14.6 Å². The number of carbonyl (C=O) groups is 1. The summed E-state index contributed by atoms with van der Waals surface area (Å²) in [6, 6.07) is 15.2. The van der Waals surface area contributed by atoms with Crippen LogP contribution in [0.5, 0.6) is 0 Å². The molecule has 144 valence electrons. The molecule has 6 heteroatoms. The molecule has 3 aromatic rings. The van der Waals surface area contributed by atoms with Gasteiger partial charge >= 0.3 is 5.97 Å². The SMILES string of the molecule is Cc1[nH]c2ccccc2c1C(=O)OC(CCN(C)C)c1ccc(Cl)cc1.Cl. The van der Waals surface area contributed by atoms with Gasteiger partial charge in [-0.15, -0.1) is 12.4 Å². The van der Waals surface area contributed by atoms with Gasteiger partial charge in [0.1, 0.15) is 6.10 Å². The zero-order valence-electron chi connectivity index (χ0n) is 15.7. The van der Waals surface area contributed by atoms with E-state index in [1.165, 1.54) is 0 Å². The lowest BCUT2D eigenvalue weighted by molar-refractivity contribution is 0.0263. The van der Waals surface area contributed by atoms with Crippen LogP contribution in [0.15, 0.2) is 48.5 Å². The number of benzene rings is 2. The smallest absolute Gasteiger partial charge is 0.341 e. The Bertz CT molecular complexity index is 904. The molecule has 0 amide bonds. The Morgan fingerprint density at radius 3 is 2.48 bits per heavy atom. The Hall–Kier alpha value is -2.01. The highest BCUT2D eigenvalue weighted by Gasteiger charge is 2.22. The molecule has 0 spiro atoms. The number of H-pyrrole nitrogens is 1. The molecular formula is C21H24Cl2N2O2. The van der Waals surface area contributed by atoms with E-state index in [1.54, 1.807) is 0 Å². The van der Waals surface area contributed by atoms with Crippen molar-refractivity contribution in [2.45, 2.75) is 19.4 Å². The summed E-state index contributed by atoms with van der Waals surface area (Å²) in [5.74, 6) is -0.307. The van der Waals surface area contributed by atoms with Crippen LogP contribution in [0, 0.1) is 6.92 Å². The molecule has 4 nitrogen and oxygen atoms in total. The summed E-state index contributed by atoms with van der Waals surface area (Å²) in [4.78, 5) is 18.3. The van der Waals surface area contributed by atoms with E-state index in [2.05, 4.69) is 9.88 Å². The van der Waals surface area contributed by atoms with E-state index in [0.717, 1.165) is 28.7 Å². The number of para-hydroxylation sites is 1. The molecule has 0 bridgehead atoms. The Labute approximate surface area is 170 Å². The van der Waals surface area contributed by atoms with Gasteiger partial charge in [0.25, 0.3) is 0 Å². The Morgan fingerprint density at radius 2 is 1.81 bits per heavy atom. The zero-order valence-corrected chi connectivity index (χ0v) is 17.2. The number of esters is 1. The van der Waals surface area contributed by atoms with Gasteiger partial charge in [-0.25, -0.2) is 4.79 Å². The van der Waals surface area contributed by atoms with Gasteiger partial charge in [-0.2, -0.15) is 0 Å². The lowest BCUT2D eigenvalue weighted by atomic mass is 10.1. The second-order valence-corrected chi connectivity index (χ2v) is 7.14. The van der Waals surface area contributed by atoms with Gasteiger partial charge in [-0.05, 0) is 44.8 Å². The molecule has 0 aliphatic carbocycles. The summed E-state index contributed by atoms with van der Waals surface area (Å²) in [6.45, 7) is 2.71. The molecule has 1 aromatic heterocycles. The molecular weight excluding hydrogens is 383 g/mol. The number of nitrogens with one attached hydrogen (secondary N) is 1. The maximum atomic E-state index is 13.0. The molecule has 0 fully saturated rings. The van der Waals surface area contributed by atoms with Gasteiger partial charge in [0.05, 0.1) is 5.56 Å². The largest absolute Gasteiger partial charge is 0.454 e. The van der Waals surface area contributed by atoms with Gasteiger partial charge in [-0.1, -0.05) is 41.9 Å². The number of fused-ring (bicyclic) bond motifs is 1. The fourth-order valence-electron chi connectivity index (χ4n) is 3.07. The van der Waals surface area contributed by atoms with Crippen LogP contribution in [-0.2, 0) is 4.74 Å². The van der Waals surface area contributed by atoms with Crippen molar-refractivity contribution in [3.63, 3.8) is 0 Å². The number of carbonyl (C=O) groups excluding carboxylic acids is 1. The van der Waals surface area contributed by atoms with Gasteiger partial charge in [-0.3, -0.25) is 0 Å². The standard InChI is InChI=1S/C21H23ClN2O2.ClH/c1-14-20(17-6-4-5-7-18(17)23-14)21(25)26-19(12-13-24(2)3)15-8-10-16(22)11-9-15;/h4-11,19,23H,12-13H2,1-3H3;1H. The average molecular weight is 407 g/mol. The number of aromatic amines is 1. The average Bonchev–Trinajstić information content (AvgIpc) is 2.95. The molecule has 0 radical (unpaired) electrons. The van der Waals surface area contributed by atoms with E-state index in [4.69, 9.17) is 16.3 Å². The summed E-state index contributed by atoms with van der Waals surface area (Å²) in [5.41, 5.74) is 3.30. The number of aryl methyl sites for hydroxylation is 1. The van der Waals surface area contributed by atoms with E-state index < -0.39 is 0 Å². The van der Waals surface area contributed by atoms with Crippen LogP contribution in [0.4, 0.5) is 0 Å². The molecule has 1 N–H and O–H groups in total. The third kappa shape index (κ3) is 5.04. The number of rotatable bonds is 6. The van der Waals surface area contributed by atoms with Crippen molar-refractivity contribution in [3.05, 3.63) is 70.4 Å². The third-order valence-corrected chi connectivity index (χ3v) is 4.68. The van der Waals surface area contributed by atoms with E-state index in [-0.39, 0.29) is 24.5 Å². The van der Waals surface area contributed by atoms with Gasteiger partial charge in [0, 0.05) is 34.6 Å². The van der Waals surface area contributed by atoms with E-state index in [1.807, 2.05) is 69.6 Å². The molecule has 0 saturated carbocycles. The summed E-state index contributed by atoms with van der Waals surface area (Å²) >= 11 is 6.00. The van der Waals surface area contributed by atoms with Crippen molar-refractivity contribution in [1.29, 1.82) is 0 Å². The molecule has 1 atom stereocenters. The number of hydrogen-bond acceptors (Lipinski definition) is 3. The van der Waals surface area contributed by atoms with Gasteiger partial charge in [0.2, 0.25) is 0 Å². The zero-order chi connectivity index (χ0) is 18.7. The molecule has 27 heavy (non-hydrogen) atoms. The van der Waals surface area contributed by atoms with Crippen LogP contribution in [0.2, 0.25) is 5.02 Å². The third-order valence-electron chi connectivity index (χ3n) is 4.43. The van der Waals surface area contributed by atoms with Crippen molar-refractivity contribution in [1.82, 2.24) is 9.88 Å². The normalized spacial score (nSPS) is 12.0. The molecule has 0 aliphatic heterocycles. The monoisotopic (exact) mass is 406 g/mol. The Balaban J connectivity index is 0.00000261. The summed E-state index contributed by atoms with van der Waals surface area (Å²) in [5, 5.41) is 1.55. The van der Waals surface area contributed by atoms with Crippen LogP contribution in [-0.4, -0.2) is 36.5 Å². The molecule has 0 aliphatic rings. The van der Waals surface area contributed by atoms with Crippen molar-refractivity contribution >= 4 is 40.9 Å². The summed E-state index contributed by atoms with van der Waals surface area (Å²) in [6.07, 6.45) is 0.386. The second kappa shape index (κ2) is 9.27. The van der Waals surface area contributed by atoms with E-state index >= 15 is 0 Å². The first kappa shape index (κ1) is 21.3. The van der Waals surface area contributed by atoms with Crippen LogP contribution < -0.4 is 0 Å². The van der Waals surface area contributed by atoms with E-state index in [9.17, 15) is 4.79 Å². The Morgan fingerprint density at radius 1 is 1.15 bits per heavy atom. The molecule has 1 heterocycles. The minimum absolute atomic E-state index is 0. The first-order valence-electron chi connectivity index (χ1n) is 8.64. The van der Waals surface area contributed by atoms with Crippen molar-refractivity contribution < 1.29 is 9.53 Å². The predicted molar refractivity (Wildman–Crippen MR) is 113 cm³/mol. The molecule has 1 unspecified atom stereocenters. The lowest BCUT2D eigenvalue weighted by Gasteiger charge is -2.20. The number of ether oxygens (including phenoxy) is 1. The predicted octanol–water partition coefficient (Wildman–Crippen LogP) is 5.40. The van der Waals surface area contributed by atoms with E-state index in [0.29, 0.717) is 17.0 Å². The molecule has 3 rings (SSSR count). The minimum atomic E-state index is -0.324. The van der Waals surface area contributed by atoms with Gasteiger partial charge in [0.15, 0.2) is 0 Å². The highest BCUT2D eigenvalue weighted by molar-refractivity contribution is 6.30. The number of halogens is 2. The number of hydrogen-bond donors (Lipinski definition) is 1. The highest BCUT2D eigenvalue weighted by Crippen LogP contribution is 2.28. The van der Waals surface area contributed by atoms with Crippen LogP contribution >= 0.6 is 24.0 Å². The Kier molecular flexibility index (Phi) is 7.31. The van der Waals surface area contributed by atoms with Crippen molar-refractivity contribution in [2.75, 3.05) is 20.6 Å². The second-order valence-electron chi connectivity index (χ2n) is 6.71. The highest BCUT2D eigenvalue weighted by atomic mass is 35.5. The molecule has 0 saturated heterocycles. The number of nitrogens with zero attached hydrogens (tertiary/aromatic N) is 1. The van der Waals surface area contributed by atoms with Crippen molar-refractivity contribution in [2.24, 2.45) is 0 Å². The molecule has 2 aromatic carbocycles. The fourth-order valence-corrected chi connectivity index (χ4v) is 3.20. The maximum Gasteiger partial charge on any atom is 0.341 e. The van der Waals surface area contributed by atoms with Crippen molar-refractivity contribution in [3.8, 4) is 0 Å².